The first-order valence-electron chi connectivity index (χ1n) is 10.9. The summed E-state index contributed by atoms with van der Waals surface area (Å²) in [7, 11) is 0. The fourth-order valence-electron chi connectivity index (χ4n) is 4.46. The van der Waals surface area contributed by atoms with Crippen molar-refractivity contribution in [2.75, 3.05) is 42.5 Å². The molecule has 1 amide bonds. The summed E-state index contributed by atoms with van der Waals surface area (Å²) < 4.78 is 2.46. The molecule has 0 saturated carbocycles. The van der Waals surface area contributed by atoms with Gasteiger partial charge in [0.2, 0.25) is 5.91 Å². The van der Waals surface area contributed by atoms with Crippen molar-refractivity contribution in [1.29, 1.82) is 0 Å². The van der Waals surface area contributed by atoms with Crippen LogP contribution in [0.1, 0.15) is 12.5 Å². The zero-order valence-corrected chi connectivity index (χ0v) is 18.6. The number of piperazine rings is 1. The van der Waals surface area contributed by atoms with Crippen LogP contribution in [0.15, 0.2) is 77.7 Å². The second-order valence-corrected chi connectivity index (χ2v) is 9.31. The molecule has 2 aliphatic rings. The summed E-state index contributed by atoms with van der Waals surface area (Å²) in [5, 5.41) is 0. The normalized spacial score (nSPS) is 16.4. The van der Waals surface area contributed by atoms with E-state index in [4.69, 9.17) is 0 Å². The van der Waals surface area contributed by atoms with E-state index in [0.29, 0.717) is 0 Å². The number of hydrogen-bond donors (Lipinski definition) is 0. The maximum Gasteiger partial charge on any atom is 0.223 e. The summed E-state index contributed by atoms with van der Waals surface area (Å²) in [6, 6.07) is 26.0. The van der Waals surface area contributed by atoms with Gasteiger partial charge in [-0.15, -0.1) is 0 Å². The third-order valence-corrected chi connectivity index (χ3v) is 7.21. The van der Waals surface area contributed by atoms with Gasteiger partial charge in [0.1, 0.15) is 0 Å². The van der Waals surface area contributed by atoms with E-state index in [1.807, 2.05) is 16.8 Å². The summed E-state index contributed by atoms with van der Waals surface area (Å²) >= 11 is 1.84. The lowest BCUT2D eigenvalue weighted by Crippen LogP contribution is -2.43. The Labute approximate surface area is 188 Å². The second-order valence-electron chi connectivity index (χ2n) is 8.13. The minimum atomic E-state index is 0.131. The first kappa shape index (κ1) is 20.2. The van der Waals surface area contributed by atoms with E-state index in [0.717, 1.165) is 44.8 Å². The van der Waals surface area contributed by atoms with Crippen LogP contribution in [0.5, 0.6) is 0 Å². The van der Waals surface area contributed by atoms with Crippen molar-refractivity contribution in [3.05, 3.63) is 78.4 Å². The molecule has 2 heterocycles. The molecule has 3 aromatic rings. The summed E-state index contributed by atoms with van der Waals surface area (Å²) in [6.07, 6.45) is 0.953. The van der Waals surface area contributed by atoms with Gasteiger partial charge in [0.05, 0.1) is 0 Å². The van der Waals surface area contributed by atoms with E-state index >= 15 is 0 Å². The Bertz CT molecular complexity index is 1080. The van der Waals surface area contributed by atoms with Crippen LogP contribution in [0.3, 0.4) is 0 Å². The Morgan fingerprint density at radius 2 is 1.58 bits per heavy atom. The van der Waals surface area contributed by atoms with Crippen LogP contribution in [0.4, 0.5) is 11.4 Å². The highest BCUT2D eigenvalue weighted by Gasteiger charge is 2.23. The lowest BCUT2D eigenvalue weighted by atomic mass is 10.0. The molecule has 3 aromatic carbocycles. The van der Waals surface area contributed by atoms with Crippen molar-refractivity contribution < 1.29 is 4.79 Å². The number of rotatable bonds is 4. The van der Waals surface area contributed by atoms with Gasteiger partial charge in [-0.05, 0) is 65.4 Å². The smallest absolute Gasteiger partial charge is 0.223 e. The summed E-state index contributed by atoms with van der Waals surface area (Å²) in [4.78, 5) is 17.4. The van der Waals surface area contributed by atoms with Crippen molar-refractivity contribution in [3.8, 4) is 11.1 Å². The van der Waals surface area contributed by atoms with Crippen molar-refractivity contribution in [1.82, 2.24) is 4.31 Å². The summed E-state index contributed by atoms with van der Waals surface area (Å²) in [6.45, 7) is 6.54. The molecule has 0 atom stereocenters. The molecular formula is C26H27N3OS. The number of carbonyl (C=O) groups is 1. The van der Waals surface area contributed by atoms with E-state index in [1.165, 1.54) is 27.3 Å². The average Bonchev–Trinajstić information content (AvgIpc) is 3.24. The molecule has 0 aromatic heterocycles. The fourth-order valence-corrected chi connectivity index (χ4v) is 5.43. The first-order chi connectivity index (χ1) is 15.2. The molecule has 2 aliphatic heterocycles. The molecule has 31 heavy (non-hydrogen) atoms. The van der Waals surface area contributed by atoms with E-state index in [2.05, 4.69) is 82.0 Å². The highest BCUT2D eigenvalue weighted by Crippen LogP contribution is 2.34. The Balaban J connectivity index is 1.21. The van der Waals surface area contributed by atoms with Gasteiger partial charge in [-0.2, -0.15) is 0 Å². The second kappa shape index (κ2) is 8.77. The van der Waals surface area contributed by atoms with Gasteiger partial charge in [-0.1, -0.05) is 42.5 Å². The molecule has 0 bridgehead atoms. The quantitative estimate of drug-likeness (QED) is 0.540. The van der Waals surface area contributed by atoms with Gasteiger partial charge < -0.3 is 9.80 Å². The van der Waals surface area contributed by atoms with Crippen molar-refractivity contribution in [2.45, 2.75) is 18.2 Å². The van der Waals surface area contributed by atoms with E-state index in [-0.39, 0.29) is 5.91 Å². The number of hydrogen-bond acceptors (Lipinski definition) is 4. The zero-order valence-electron chi connectivity index (χ0n) is 17.8. The molecule has 0 spiro atoms. The van der Waals surface area contributed by atoms with Gasteiger partial charge in [0.15, 0.2) is 0 Å². The van der Waals surface area contributed by atoms with E-state index < -0.39 is 0 Å². The number of nitrogens with zero attached hydrogens (tertiary/aromatic N) is 3. The largest absolute Gasteiger partial charge is 0.369 e. The third-order valence-electron chi connectivity index (χ3n) is 6.12. The Kier molecular flexibility index (Phi) is 5.70. The van der Waals surface area contributed by atoms with Gasteiger partial charge in [-0.3, -0.25) is 4.79 Å². The van der Waals surface area contributed by atoms with Crippen LogP contribution in [-0.4, -0.2) is 42.9 Å². The maximum atomic E-state index is 11.8. The van der Waals surface area contributed by atoms with Crippen LogP contribution in [0, 0.1) is 0 Å². The molecule has 0 radical (unpaired) electrons. The Hall–Kier alpha value is -2.76. The molecule has 5 heteroatoms. The van der Waals surface area contributed by atoms with Crippen LogP contribution < -0.4 is 9.80 Å². The Morgan fingerprint density at radius 3 is 2.35 bits per heavy atom. The number of anilines is 2. The van der Waals surface area contributed by atoms with Crippen molar-refractivity contribution in [3.63, 3.8) is 0 Å². The summed E-state index contributed by atoms with van der Waals surface area (Å²) in [5.41, 5.74) is 6.20. The average molecular weight is 430 g/mol. The fraction of sp³-hybridized carbons (Fsp3) is 0.269. The predicted octanol–water partition coefficient (Wildman–Crippen LogP) is 5.09. The van der Waals surface area contributed by atoms with Crippen LogP contribution in [-0.2, 0) is 11.2 Å². The van der Waals surface area contributed by atoms with Crippen LogP contribution in [0.25, 0.3) is 11.1 Å². The lowest BCUT2D eigenvalue weighted by Gasteiger charge is -2.35. The maximum absolute atomic E-state index is 11.8. The monoisotopic (exact) mass is 429 g/mol. The highest BCUT2D eigenvalue weighted by molar-refractivity contribution is 7.97. The van der Waals surface area contributed by atoms with Gasteiger partial charge >= 0.3 is 0 Å². The zero-order chi connectivity index (χ0) is 21.2. The molecule has 0 aliphatic carbocycles. The molecule has 5 rings (SSSR count). The van der Waals surface area contributed by atoms with Crippen LogP contribution in [0.2, 0.25) is 0 Å². The third kappa shape index (κ3) is 4.34. The first-order valence-corrected chi connectivity index (χ1v) is 11.7. The number of fused-ring (bicyclic) bond motifs is 1. The number of amides is 1. The van der Waals surface area contributed by atoms with Gasteiger partial charge in [0.25, 0.3) is 0 Å². The van der Waals surface area contributed by atoms with E-state index in [1.54, 1.807) is 6.92 Å². The molecule has 1 fully saturated rings. The molecule has 158 valence electrons. The van der Waals surface area contributed by atoms with Crippen molar-refractivity contribution >= 4 is 29.2 Å². The predicted molar refractivity (Wildman–Crippen MR) is 130 cm³/mol. The van der Waals surface area contributed by atoms with Gasteiger partial charge in [-0.25, -0.2) is 4.31 Å². The number of benzene rings is 3. The molecule has 1 saturated heterocycles. The topological polar surface area (TPSA) is 26.8 Å². The molecule has 0 N–H and O–H groups in total. The van der Waals surface area contributed by atoms with Gasteiger partial charge in [0, 0.05) is 55.9 Å². The molecule has 4 nitrogen and oxygen atoms in total. The van der Waals surface area contributed by atoms with E-state index in [9.17, 15) is 4.79 Å². The van der Waals surface area contributed by atoms with Crippen molar-refractivity contribution in [2.24, 2.45) is 0 Å². The standard InChI is InChI=1S/C26H27N3OS/c1-20(30)29-13-12-23-19-25(10-11-26(23)29)31-28-16-14-27(15-17-28)24-9-5-8-22(18-24)21-6-3-2-4-7-21/h2-11,18-19H,12-17H2,1H3. The minimum Gasteiger partial charge on any atom is -0.369 e. The van der Waals surface area contributed by atoms with Crippen LogP contribution >= 0.6 is 11.9 Å². The SMILES string of the molecule is CC(=O)N1CCc2cc(SN3CCN(c4cccc(-c5ccccc5)c4)CC3)ccc21. The Morgan fingerprint density at radius 1 is 0.806 bits per heavy atom. The number of carbonyl (C=O) groups excluding carboxylic acids is 1. The molecule has 0 unspecified atom stereocenters. The molecular weight excluding hydrogens is 402 g/mol. The highest BCUT2D eigenvalue weighted by atomic mass is 32.2. The summed E-state index contributed by atoms with van der Waals surface area (Å²) in [5.74, 6) is 0.131. The lowest BCUT2D eigenvalue weighted by molar-refractivity contribution is -0.116. The minimum absolute atomic E-state index is 0.131.